The van der Waals surface area contributed by atoms with Crippen molar-refractivity contribution in [1.29, 1.82) is 0 Å². The van der Waals surface area contributed by atoms with Crippen molar-refractivity contribution in [2.75, 3.05) is 6.54 Å². The van der Waals surface area contributed by atoms with E-state index in [1.165, 1.54) is 0 Å². The highest BCUT2D eigenvalue weighted by Gasteiger charge is 2.20. The van der Waals surface area contributed by atoms with Crippen molar-refractivity contribution in [2.24, 2.45) is 0 Å². The maximum atomic E-state index is 12.3. The van der Waals surface area contributed by atoms with Crippen LogP contribution in [0.3, 0.4) is 0 Å². The zero-order valence-electron chi connectivity index (χ0n) is 10.8. The molecule has 1 rings (SSSR count). The highest BCUT2D eigenvalue weighted by atomic mass is 16.4. The van der Waals surface area contributed by atoms with Crippen molar-refractivity contribution in [3.8, 4) is 0 Å². The van der Waals surface area contributed by atoms with Gasteiger partial charge in [-0.2, -0.15) is 0 Å². The molecule has 0 aliphatic heterocycles. The molecular formula is C14H19NO3. The summed E-state index contributed by atoms with van der Waals surface area (Å²) in [6, 6.07) is 8.99. The number of hydrogen-bond acceptors (Lipinski definition) is 2. The fourth-order valence-corrected chi connectivity index (χ4v) is 1.71. The van der Waals surface area contributed by atoms with E-state index in [2.05, 4.69) is 0 Å². The summed E-state index contributed by atoms with van der Waals surface area (Å²) in [5.41, 5.74) is 0.600. The van der Waals surface area contributed by atoms with Crippen molar-refractivity contribution in [1.82, 2.24) is 4.90 Å². The van der Waals surface area contributed by atoms with E-state index in [4.69, 9.17) is 5.11 Å². The van der Waals surface area contributed by atoms with Crippen LogP contribution in [0.25, 0.3) is 0 Å². The average molecular weight is 249 g/mol. The minimum Gasteiger partial charge on any atom is -0.481 e. The molecule has 1 aromatic carbocycles. The maximum absolute atomic E-state index is 12.3. The molecule has 1 N–H and O–H groups in total. The van der Waals surface area contributed by atoms with E-state index < -0.39 is 5.97 Å². The number of nitrogens with zero attached hydrogens (tertiary/aromatic N) is 1. The first-order valence-corrected chi connectivity index (χ1v) is 6.14. The highest BCUT2D eigenvalue weighted by molar-refractivity contribution is 5.94. The molecule has 0 heterocycles. The van der Waals surface area contributed by atoms with Crippen LogP contribution in [-0.4, -0.2) is 34.5 Å². The monoisotopic (exact) mass is 249 g/mol. The van der Waals surface area contributed by atoms with Gasteiger partial charge in [0.15, 0.2) is 0 Å². The first-order valence-electron chi connectivity index (χ1n) is 6.14. The molecule has 1 unspecified atom stereocenters. The summed E-state index contributed by atoms with van der Waals surface area (Å²) >= 11 is 0. The van der Waals surface area contributed by atoms with E-state index in [0.717, 1.165) is 6.42 Å². The van der Waals surface area contributed by atoms with Crippen LogP contribution in [0.1, 0.15) is 37.0 Å². The Morgan fingerprint density at radius 3 is 2.39 bits per heavy atom. The minimum atomic E-state index is -0.885. The zero-order chi connectivity index (χ0) is 13.5. The van der Waals surface area contributed by atoms with Crippen molar-refractivity contribution in [3.05, 3.63) is 35.9 Å². The molecule has 0 saturated heterocycles. The van der Waals surface area contributed by atoms with Crippen LogP contribution in [0.4, 0.5) is 0 Å². The number of aliphatic carboxylic acids is 1. The van der Waals surface area contributed by atoms with E-state index in [9.17, 15) is 9.59 Å². The number of carboxylic acid groups (broad SMARTS) is 1. The van der Waals surface area contributed by atoms with Gasteiger partial charge in [0.05, 0.1) is 6.42 Å². The van der Waals surface area contributed by atoms with Crippen LogP contribution in [0, 0.1) is 0 Å². The Hall–Kier alpha value is -1.84. The van der Waals surface area contributed by atoms with Crippen LogP contribution < -0.4 is 0 Å². The summed E-state index contributed by atoms with van der Waals surface area (Å²) in [5, 5.41) is 8.73. The molecule has 4 nitrogen and oxygen atoms in total. The van der Waals surface area contributed by atoms with Crippen LogP contribution in [0.5, 0.6) is 0 Å². The number of carbonyl (C=O) groups excluding carboxylic acids is 1. The Morgan fingerprint density at radius 1 is 1.28 bits per heavy atom. The first-order chi connectivity index (χ1) is 8.56. The summed E-state index contributed by atoms with van der Waals surface area (Å²) in [4.78, 5) is 24.6. The Morgan fingerprint density at radius 2 is 1.89 bits per heavy atom. The largest absolute Gasteiger partial charge is 0.481 e. The molecule has 0 spiro atoms. The van der Waals surface area contributed by atoms with E-state index in [-0.39, 0.29) is 24.9 Å². The van der Waals surface area contributed by atoms with Crippen molar-refractivity contribution in [2.45, 2.75) is 32.7 Å². The van der Waals surface area contributed by atoms with Gasteiger partial charge in [0.1, 0.15) is 0 Å². The van der Waals surface area contributed by atoms with Crippen LogP contribution in [0.15, 0.2) is 30.3 Å². The molecular weight excluding hydrogens is 230 g/mol. The van der Waals surface area contributed by atoms with Gasteiger partial charge < -0.3 is 10.0 Å². The van der Waals surface area contributed by atoms with Crippen molar-refractivity contribution < 1.29 is 14.7 Å². The van der Waals surface area contributed by atoms with E-state index in [1.807, 2.05) is 19.9 Å². The molecule has 0 aromatic heterocycles. The van der Waals surface area contributed by atoms with Crippen molar-refractivity contribution in [3.63, 3.8) is 0 Å². The number of amides is 1. The number of rotatable bonds is 6. The van der Waals surface area contributed by atoms with Gasteiger partial charge in [0, 0.05) is 18.2 Å². The molecule has 1 atom stereocenters. The molecule has 0 saturated carbocycles. The Labute approximate surface area is 107 Å². The van der Waals surface area contributed by atoms with Crippen LogP contribution in [0.2, 0.25) is 0 Å². The lowest BCUT2D eigenvalue weighted by atomic mass is 10.1. The van der Waals surface area contributed by atoms with Gasteiger partial charge in [-0.3, -0.25) is 9.59 Å². The second-order valence-electron chi connectivity index (χ2n) is 4.27. The molecule has 1 amide bonds. The summed E-state index contributed by atoms with van der Waals surface area (Å²) in [5.74, 6) is -0.990. The number of benzene rings is 1. The van der Waals surface area contributed by atoms with E-state index >= 15 is 0 Å². The highest BCUT2D eigenvalue weighted by Crippen LogP contribution is 2.11. The average Bonchev–Trinajstić information content (AvgIpc) is 2.39. The number of carboxylic acids is 1. The Kier molecular flexibility index (Phi) is 5.36. The third-order valence-corrected chi connectivity index (χ3v) is 2.97. The second kappa shape index (κ2) is 6.79. The van der Waals surface area contributed by atoms with Gasteiger partial charge in [0.25, 0.3) is 5.91 Å². The SMILES string of the molecule is CCC(C)N(CCC(=O)O)C(=O)c1ccccc1. The first kappa shape index (κ1) is 14.2. The predicted molar refractivity (Wildman–Crippen MR) is 69.5 cm³/mol. The predicted octanol–water partition coefficient (Wildman–Crippen LogP) is 2.40. The lowest BCUT2D eigenvalue weighted by Crippen LogP contribution is -2.39. The van der Waals surface area contributed by atoms with E-state index in [1.54, 1.807) is 29.2 Å². The smallest absolute Gasteiger partial charge is 0.305 e. The molecule has 98 valence electrons. The number of hydrogen-bond donors (Lipinski definition) is 1. The van der Waals surface area contributed by atoms with Gasteiger partial charge in [-0.05, 0) is 25.5 Å². The minimum absolute atomic E-state index is 0.0249. The summed E-state index contributed by atoms with van der Waals surface area (Å²) in [6.07, 6.45) is 0.779. The fourth-order valence-electron chi connectivity index (χ4n) is 1.71. The van der Waals surface area contributed by atoms with Gasteiger partial charge in [-0.1, -0.05) is 25.1 Å². The molecule has 0 bridgehead atoms. The standard InChI is InChI=1S/C14H19NO3/c1-3-11(2)15(10-9-13(16)17)14(18)12-7-5-4-6-8-12/h4-8,11H,3,9-10H2,1-2H3,(H,16,17). The third kappa shape index (κ3) is 3.87. The third-order valence-electron chi connectivity index (χ3n) is 2.97. The zero-order valence-corrected chi connectivity index (χ0v) is 10.8. The fraction of sp³-hybridized carbons (Fsp3) is 0.429. The number of carbonyl (C=O) groups is 2. The van der Waals surface area contributed by atoms with Crippen LogP contribution >= 0.6 is 0 Å². The van der Waals surface area contributed by atoms with Gasteiger partial charge >= 0.3 is 5.97 Å². The summed E-state index contributed by atoms with van der Waals surface area (Å²) < 4.78 is 0. The van der Waals surface area contributed by atoms with Gasteiger partial charge in [0.2, 0.25) is 0 Å². The topological polar surface area (TPSA) is 57.6 Å². The lowest BCUT2D eigenvalue weighted by Gasteiger charge is -2.28. The lowest BCUT2D eigenvalue weighted by molar-refractivity contribution is -0.137. The molecule has 0 aliphatic rings. The molecule has 1 aromatic rings. The summed E-state index contributed by atoms with van der Waals surface area (Å²) in [7, 11) is 0. The Balaban J connectivity index is 2.82. The maximum Gasteiger partial charge on any atom is 0.305 e. The molecule has 4 heteroatoms. The van der Waals surface area contributed by atoms with E-state index in [0.29, 0.717) is 5.56 Å². The van der Waals surface area contributed by atoms with Gasteiger partial charge in [-0.15, -0.1) is 0 Å². The van der Waals surface area contributed by atoms with Gasteiger partial charge in [-0.25, -0.2) is 0 Å². The Bertz CT molecular complexity index is 403. The van der Waals surface area contributed by atoms with Crippen molar-refractivity contribution >= 4 is 11.9 Å². The normalized spacial score (nSPS) is 11.9. The molecule has 0 fully saturated rings. The van der Waals surface area contributed by atoms with Crippen LogP contribution in [-0.2, 0) is 4.79 Å². The molecule has 0 radical (unpaired) electrons. The summed E-state index contributed by atoms with van der Waals surface area (Å²) in [6.45, 7) is 4.16. The molecule has 0 aliphatic carbocycles. The quantitative estimate of drug-likeness (QED) is 0.842. The molecule has 18 heavy (non-hydrogen) atoms. The second-order valence-corrected chi connectivity index (χ2v) is 4.27.